The maximum absolute atomic E-state index is 12.7. The SMILES string of the molecule is O=[C]C(F)(F)C(F)(F)C(F)(F)C(F)(F)C(F)(F)C(F)(F)Cl. The van der Waals surface area contributed by atoms with Gasteiger partial charge >= 0.3 is 35.0 Å². The summed E-state index contributed by atoms with van der Waals surface area (Å²) in [7, 11) is 0. The maximum Gasteiger partial charge on any atom is 0.393 e. The molecule has 0 amide bonds. The minimum absolute atomic E-state index is 1.06. The Balaban J connectivity index is 6.20. The first-order valence-electron chi connectivity index (χ1n) is 4.16. The molecule has 0 aliphatic carbocycles. The zero-order valence-electron chi connectivity index (χ0n) is 8.82. The van der Waals surface area contributed by atoms with Crippen molar-refractivity contribution in [1.29, 1.82) is 0 Å². The molecule has 21 heavy (non-hydrogen) atoms. The second kappa shape index (κ2) is 4.81. The molecule has 0 aliphatic rings. The summed E-state index contributed by atoms with van der Waals surface area (Å²) in [6, 6.07) is 0. The van der Waals surface area contributed by atoms with Crippen LogP contribution in [0.2, 0.25) is 0 Å². The summed E-state index contributed by atoms with van der Waals surface area (Å²) in [6.45, 7) is 0. The number of hydrogen-bond donors (Lipinski definition) is 0. The highest BCUT2D eigenvalue weighted by Gasteiger charge is 2.90. The molecule has 0 bridgehead atoms. The van der Waals surface area contributed by atoms with E-state index < -0.39 is 41.3 Å². The molecule has 0 N–H and O–H groups in total. The van der Waals surface area contributed by atoms with Crippen LogP contribution in [0.1, 0.15) is 0 Å². The van der Waals surface area contributed by atoms with E-state index in [0.717, 1.165) is 0 Å². The topological polar surface area (TPSA) is 17.1 Å². The Morgan fingerprint density at radius 3 is 1.10 bits per heavy atom. The molecule has 0 rings (SSSR count). The van der Waals surface area contributed by atoms with Gasteiger partial charge < -0.3 is 0 Å². The van der Waals surface area contributed by atoms with Gasteiger partial charge in [-0.2, -0.15) is 52.7 Å². The Labute approximate surface area is 111 Å². The van der Waals surface area contributed by atoms with E-state index in [1.165, 1.54) is 0 Å². The van der Waals surface area contributed by atoms with Crippen LogP contribution in [0.3, 0.4) is 0 Å². The molecule has 0 unspecified atom stereocenters. The summed E-state index contributed by atoms with van der Waals surface area (Å²) in [5.74, 6) is -37.0. The van der Waals surface area contributed by atoms with Crippen LogP contribution >= 0.6 is 11.6 Å². The van der Waals surface area contributed by atoms with Crippen molar-refractivity contribution in [2.75, 3.05) is 0 Å². The van der Waals surface area contributed by atoms with Crippen molar-refractivity contribution in [2.45, 2.75) is 35.0 Å². The average Bonchev–Trinajstić information content (AvgIpc) is 2.26. The van der Waals surface area contributed by atoms with Gasteiger partial charge in [0.25, 0.3) is 6.29 Å². The molecule has 0 saturated carbocycles. The van der Waals surface area contributed by atoms with Crippen molar-refractivity contribution in [3.8, 4) is 0 Å². The molecule has 1 nitrogen and oxygen atoms in total. The number of carbonyl (C=O) groups excluding carboxylic acids is 1. The highest BCUT2D eigenvalue weighted by atomic mass is 35.5. The first-order valence-corrected chi connectivity index (χ1v) is 4.54. The van der Waals surface area contributed by atoms with E-state index in [9.17, 15) is 57.5 Å². The first-order chi connectivity index (χ1) is 8.81. The van der Waals surface area contributed by atoms with Gasteiger partial charge in [-0.15, -0.1) is 0 Å². The summed E-state index contributed by atoms with van der Waals surface area (Å²) in [5, 5.41) is -6.49. The lowest BCUT2D eigenvalue weighted by Crippen LogP contribution is -2.70. The van der Waals surface area contributed by atoms with Gasteiger partial charge in [0.15, 0.2) is 0 Å². The number of alkyl halides is 13. The van der Waals surface area contributed by atoms with Gasteiger partial charge in [-0.3, -0.25) is 4.79 Å². The molecule has 0 saturated heterocycles. The highest BCUT2D eigenvalue weighted by molar-refractivity contribution is 6.22. The fourth-order valence-electron chi connectivity index (χ4n) is 0.834. The fourth-order valence-corrected chi connectivity index (χ4v) is 0.952. The lowest BCUT2D eigenvalue weighted by Gasteiger charge is -2.38. The van der Waals surface area contributed by atoms with Crippen molar-refractivity contribution < 1.29 is 57.5 Å². The summed E-state index contributed by atoms with van der Waals surface area (Å²) in [6.07, 6.45) is -1.06. The van der Waals surface area contributed by atoms with Crippen molar-refractivity contribution in [1.82, 2.24) is 0 Å². The van der Waals surface area contributed by atoms with Crippen LogP contribution in [-0.4, -0.2) is 41.3 Å². The first kappa shape index (κ1) is 20.1. The van der Waals surface area contributed by atoms with Gasteiger partial charge in [-0.25, -0.2) is 0 Å². The second-order valence-electron chi connectivity index (χ2n) is 3.47. The standard InChI is InChI=1S/C7ClF12O/c8-7(19,20)6(17,18)5(15,16)4(13,14)3(11,12)2(9,10)1-21. The molecule has 0 spiro atoms. The molecular formula is C7ClF12O. The Morgan fingerprint density at radius 2 is 0.857 bits per heavy atom. The lowest BCUT2D eigenvalue weighted by molar-refractivity contribution is -0.409. The van der Waals surface area contributed by atoms with E-state index in [1.54, 1.807) is 0 Å². The fraction of sp³-hybridized carbons (Fsp3) is 0.857. The van der Waals surface area contributed by atoms with E-state index in [4.69, 9.17) is 0 Å². The Hall–Kier alpha value is -0.880. The second-order valence-corrected chi connectivity index (χ2v) is 3.95. The Kier molecular flexibility index (Phi) is 4.61. The normalized spacial score (nSPS) is 16.0. The zero-order valence-corrected chi connectivity index (χ0v) is 9.58. The van der Waals surface area contributed by atoms with Crippen LogP contribution in [0.4, 0.5) is 52.7 Å². The van der Waals surface area contributed by atoms with Gasteiger partial charge in [-0.05, 0) is 11.6 Å². The summed E-state index contributed by atoms with van der Waals surface area (Å²) >= 11 is 3.41. The molecule has 0 aliphatic heterocycles. The van der Waals surface area contributed by atoms with Gasteiger partial charge in [0.05, 0.1) is 0 Å². The van der Waals surface area contributed by atoms with Crippen molar-refractivity contribution in [3.05, 3.63) is 0 Å². The Bertz CT molecular complexity index is 410. The van der Waals surface area contributed by atoms with Crippen molar-refractivity contribution in [3.63, 3.8) is 0 Å². The minimum Gasteiger partial charge on any atom is -0.283 e. The van der Waals surface area contributed by atoms with Gasteiger partial charge in [0.1, 0.15) is 0 Å². The van der Waals surface area contributed by atoms with Gasteiger partial charge in [0.2, 0.25) is 0 Å². The molecule has 1 radical (unpaired) electrons. The van der Waals surface area contributed by atoms with E-state index in [0.29, 0.717) is 0 Å². The van der Waals surface area contributed by atoms with Crippen LogP contribution in [0.25, 0.3) is 0 Å². The molecule has 0 aromatic rings. The summed E-state index contributed by atoms with van der Waals surface area (Å²) in [5.41, 5.74) is 0. The molecule has 125 valence electrons. The maximum atomic E-state index is 12.7. The molecule has 0 fully saturated rings. The monoisotopic (exact) mass is 363 g/mol. The third-order valence-corrected chi connectivity index (χ3v) is 2.30. The van der Waals surface area contributed by atoms with Crippen LogP contribution in [0.15, 0.2) is 0 Å². The third kappa shape index (κ3) is 2.52. The van der Waals surface area contributed by atoms with Crippen LogP contribution in [-0.2, 0) is 4.79 Å². The molecule has 0 heterocycles. The average molecular weight is 364 g/mol. The van der Waals surface area contributed by atoms with E-state index in [-0.39, 0.29) is 0 Å². The van der Waals surface area contributed by atoms with E-state index in [2.05, 4.69) is 11.6 Å². The van der Waals surface area contributed by atoms with Crippen molar-refractivity contribution >= 4 is 17.9 Å². The molecule has 0 atom stereocenters. The highest BCUT2D eigenvalue weighted by Crippen LogP contribution is 2.60. The van der Waals surface area contributed by atoms with Crippen molar-refractivity contribution in [2.24, 2.45) is 0 Å². The molecule has 0 aromatic heterocycles. The predicted molar refractivity (Wildman–Crippen MR) is 41.2 cm³/mol. The summed E-state index contributed by atoms with van der Waals surface area (Å²) < 4.78 is 149. The number of hydrogen-bond acceptors (Lipinski definition) is 1. The molecular weight excluding hydrogens is 364 g/mol. The molecule has 0 aromatic carbocycles. The lowest BCUT2D eigenvalue weighted by atomic mass is 9.95. The predicted octanol–water partition coefficient (Wildman–Crippen LogP) is 4.10. The smallest absolute Gasteiger partial charge is 0.283 e. The van der Waals surface area contributed by atoms with E-state index >= 15 is 0 Å². The number of rotatable bonds is 6. The third-order valence-electron chi connectivity index (χ3n) is 2.06. The largest absolute Gasteiger partial charge is 0.393 e. The van der Waals surface area contributed by atoms with Crippen LogP contribution < -0.4 is 0 Å². The van der Waals surface area contributed by atoms with Gasteiger partial charge in [-0.1, -0.05) is 0 Å². The van der Waals surface area contributed by atoms with Crippen LogP contribution in [0, 0.1) is 0 Å². The van der Waals surface area contributed by atoms with Crippen LogP contribution in [0.5, 0.6) is 0 Å². The number of halogens is 13. The van der Waals surface area contributed by atoms with Gasteiger partial charge in [0, 0.05) is 0 Å². The van der Waals surface area contributed by atoms with E-state index in [1.807, 2.05) is 0 Å². The Morgan fingerprint density at radius 1 is 0.571 bits per heavy atom. The minimum atomic E-state index is -7.78. The molecule has 14 heteroatoms. The zero-order chi connectivity index (χ0) is 17.7. The summed E-state index contributed by atoms with van der Waals surface area (Å²) in [4.78, 5) is 9.40. The quantitative estimate of drug-likeness (QED) is 0.513.